The van der Waals surface area contributed by atoms with E-state index in [1.807, 2.05) is 45.0 Å². The number of hydrogen-bond acceptors (Lipinski definition) is 2. The molecule has 0 saturated carbocycles. The van der Waals surface area contributed by atoms with Gasteiger partial charge in [-0.1, -0.05) is 29.8 Å². The average Bonchev–Trinajstić information content (AvgIpc) is 2.02. The maximum Gasteiger partial charge on any atom is 0.405 e. The molecule has 1 rings (SSSR count). The van der Waals surface area contributed by atoms with Crippen LogP contribution in [0.2, 0.25) is 0 Å². The van der Waals surface area contributed by atoms with Gasteiger partial charge < -0.3 is 10.5 Å². The highest BCUT2D eigenvalue weighted by molar-refractivity contribution is 5.65. The minimum absolute atomic E-state index is 0.667. The summed E-state index contributed by atoms with van der Waals surface area (Å²) in [6.45, 7) is 5.62. The summed E-state index contributed by atoms with van der Waals surface area (Å²) in [6, 6.07) is 7.80. The molecule has 3 nitrogen and oxygen atoms in total. The molecular weight excluding hydrogens is 178 g/mol. The molecule has 0 aliphatic carbocycles. The molecule has 0 fully saturated rings. The summed E-state index contributed by atoms with van der Waals surface area (Å²) in [6.07, 6.45) is -0.754. The topological polar surface area (TPSA) is 52.3 Å². The Kier molecular flexibility index (Phi) is 2.79. The molecule has 0 heterocycles. The van der Waals surface area contributed by atoms with Crippen molar-refractivity contribution in [2.24, 2.45) is 5.73 Å². The number of benzene rings is 1. The van der Waals surface area contributed by atoms with Crippen molar-refractivity contribution in [3.63, 3.8) is 0 Å². The van der Waals surface area contributed by atoms with Crippen molar-refractivity contribution in [1.82, 2.24) is 0 Å². The molecule has 14 heavy (non-hydrogen) atoms. The number of primary amides is 1. The third-order valence-electron chi connectivity index (χ3n) is 2.10. The van der Waals surface area contributed by atoms with Crippen molar-refractivity contribution < 1.29 is 9.53 Å². The van der Waals surface area contributed by atoms with Gasteiger partial charge in [0.25, 0.3) is 0 Å². The maximum absolute atomic E-state index is 10.7. The van der Waals surface area contributed by atoms with Gasteiger partial charge in [0.15, 0.2) is 0 Å². The van der Waals surface area contributed by atoms with E-state index in [0.29, 0.717) is 0 Å². The monoisotopic (exact) mass is 193 g/mol. The number of carbonyl (C=O) groups excluding carboxylic acids is 1. The summed E-state index contributed by atoms with van der Waals surface area (Å²) in [7, 11) is 0. The lowest BCUT2D eigenvalue weighted by Gasteiger charge is -2.24. The lowest BCUT2D eigenvalue weighted by Crippen LogP contribution is -2.28. The Balaban J connectivity index is 2.91. The van der Waals surface area contributed by atoms with E-state index >= 15 is 0 Å². The number of carbonyl (C=O) groups is 1. The molecule has 0 aliphatic heterocycles. The highest BCUT2D eigenvalue weighted by Gasteiger charge is 2.23. The van der Waals surface area contributed by atoms with E-state index in [4.69, 9.17) is 10.5 Å². The molecule has 1 amide bonds. The lowest BCUT2D eigenvalue weighted by molar-refractivity contribution is 0.0432. The molecule has 76 valence electrons. The van der Waals surface area contributed by atoms with Crippen LogP contribution in [0, 0.1) is 6.92 Å². The molecule has 2 N–H and O–H groups in total. The lowest BCUT2D eigenvalue weighted by atomic mass is 9.97. The fraction of sp³-hybridized carbons (Fsp3) is 0.364. The van der Waals surface area contributed by atoms with Crippen LogP contribution in [0.1, 0.15) is 25.0 Å². The van der Waals surface area contributed by atoms with Crippen LogP contribution in [-0.2, 0) is 10.3 Å². The first-order valence-electron chi connectivity index (χ1n) is 4.47. The third kappa shape index (κ3) is 2.49. The molecule has 0 aliphatic rings. The van der Waals surface area contributed by atoms with E-state index < -0.39 is 11.7 Å². The summed E-state index contributed by atoms with van der Waals surface area (Å²) in [5, 5.41) is 0. The maximum atomic E-state index is 10.7. The Bertz CT molecular complexity index is 328. The SMILES string of the molecule is Cc1ccc(C(C)(C)OC(N)=O)cc1. The largest absolute Gasteiger partial charge is 0.439 e. The second-order valence-corrected chi connectivity index (χ2v) is 3.80. The molecule has 0 saturated heterocycles. The Labute approximate surface area is 83.9 Å². The van der Waals surface area contributed by atoms with Gasteiger partial charge >= 0.3 is 6.09 Å². The smallest absolute Gasteiger partial charge is 0.405 e. The van der Waals surface area contributed by atoms with E-state index in [0.717, 1.165) is 5.56 Å². The van der Waals surface area contributed by atoms with Gasteiger partial charge in [0, 0.05) is 0 Å². The predicted octanol–water partition coefficient (Wildman–Crippen LogP) is 2.33. The van der Waals surface area contributed by atoms with Crippen LogP contribution in [0.15, 0.2) is 24.3 Å². The summed E-state index contributed by atoms with van der Waals surface area (Å²) in [5.74, 6) is 0. The van der Waals surface area contributed by atoms with Crippen LogP contribution in [-0.4, -0.2) is 6.09 Å². The van der Waals surface area contributed by atoms with E-state index in [1.165, 1.54) is 5.56 Å². The molecule has 3 heteroatoms. The zero-order chi connectivity index (χ0) is 10.8. The molecular formula is C11H15NO2. The summed E-state index contributed by atoms with van der Waals surface area (Å²) in [5.41, 5.74) is 6.42. The van der Waals surface area contributed by atoms with Gasteiger partial charge in [0.1, 0.15) is 5.60 Å². The molecule has 0 unspecified atom stereocenters. The van der Waals surface area contributed by atoms with Gasteiger partial charge in [-0.2, -0.15) is 0 Å². The fourth-order valence-corrected chi connectivity index (χ4v) is 1.27. The summed E-state index contributed by atoms with van der Waals surface area (Å²) >= 11 is 0. The van der Waals surface area contributed by atoms with Gasteiger partial charge in [0.05, 0.1) is 0 Å². The van der Waals surface area contributed by atoms with Crippen LogP contribution in [0.3, 0.4) is 0 Å². The Morgan fingerprint density at radius 1 is 1.29 bits per heavy atom. The molecule has 0 radical (unpaired) electrons. The minimum Gasteiger partial charge on any atom is -0.439 e. The zero-order valence-electron chi connectivity index (χ0n) is 8.70. The Morgan fingerprint density at radius 3 is 2.21 bits per heavy atom. The number of aryl methyl sites for hydroxylation is 1. The van der Waals surface area contributed by atoms with Crippen LogP contribution < -0.4 is 5.73 Å². The summed E-state index contributed by atoms with van der Waals surface area (Å²) < 4.78 is 5.00. The predicted molar refractivity (Wildman–Crippen MR) is 54.9 cm³/mol. The molecule has 0 bridgehead atoms. The van der Waals surface area contributed by atoms with Crippen molar-refractivity contribution in [2.45, 2.75) is 26.4 Å². The van der Waals surface area contributed by atoms with Crippen molar-refractivity contribution in [2.75, 3.05) is 0 Å². The normalized spacial score (nSPS) is 11.1. The quantitative estimate of drug-likeness (QED) is 0.783. The highest BCUT2D eigenvalue weighted by Crippen LogP contribution is 2.24. The number of rotatable bonds is 2. The number of amides is 1. The summed E-state index contributed by atoms with van der Waals surface area (Å²) in [4.78, 5) is 10.7. The van der Waals surface area contributed by atoms with E-state index in [9.17, 15) is 4.79 Å². The number of ether oxygens (including phenoxy) is 1. The fourth-order valence-electron chi connectivity index (χ4n) is 1.27. The standard InChI is InChI=1S/C11H15NO2/c1-8-4-6-9(7-5-8)11(2,3)14-10(12)13/h4-7H,1-3H3,(H2,12,13). The van der Waals surface area contributed by atoms with E-state index in [-0.39, 0.29) is 0 Å². The van der Waals surface area contributed by atoms with Crippen LogP contribution in [0.25, 0.3) is 0 Å². The van der Waals surface area contributed by atoms with Crippen molar-refractivity contribution in [3.05, 3.63) is 35.4 Å². The Hall–Kier alpha value is -1.51. The minimum atomic E-state index is -0.754. The molecule has 1 aromatic rings. The third-order valence-corrected chi connectivity index (χ3v) is 2.10. The number of hydrogen-bond donors (Lipinski definition) is 1. The van der Waals surface area contributed by atoms with Crippen molar-refractivity contribution >= 4 is 6.09 Å². The van der Waals surface area contributed by atoms with Gasteiger partial charge in [-0.3, -0.25) is 0 Å². The van der Waals surface area contributed by atoms with Gasteiger partial charge in [-0.05, 0) is 26.3 Å². The first-order valence-corrected chi connectivity index (χ1v) is 4.47. The van der Waals surface area contributed by atoms with Crippen molar-refractivity contribution in [1.29, 1.82) is 0 Å². The first kappa shape index (κ1) is 10.6. The van der Waals surface area contributed by atoms with Crippen molar-refractivity contribution in [3.8, 4) is 0 Å². The second-order valence-electron chi connectivity index (χ2n) is 3.80. The van der Waals surface area contributed by atoms with Gasteiger partial charge in [-0.15, -0.1) is 0 Å². The molecule has 1 aromatic carbocycles. The molecule has 0 atom stereocenters. The van der Waals surface area contributed by atoms with Crippen LogP contribution >= 0.6 is 0 Å². The number of nitrogens with two attached hydrogens (primary N) is 1. The van der Waals surface area contributed by atoms with Gasteiger partial charge in [0.2, 0.25) is 0 Å². The van der Waals surface area contributed by atoms with Crippen LogP contribution in [0.5, 0.6) is 0 Å². The average molecular weight is 193 g/mol. The first-order chi connectivity index (χ1) is 6.42. The second kappa shape index (κ2) is 3.70. The van der Waals surface area contributed by atoms with Crippen LogP contribution in [0.4, 0.5) is 4.79 Å². The Morgan fingerprint density at radius 2 is 1.79 bits per heavy atom. The zero-order valence-corrected chi connectivity index (χ0v) is 8.70. The highest BCUT2D eigenvalue weighted by atomic mass is 16.6. The van der Waals surface area contributed by atoms with Gasteiger partial charge in [-0.25, -0.2) is 4.79 Å². The molecule has 0 aromatic heterocycles. The molecule has 0 spiro atoms. The van der Waals surface area contributed by atoms with E-state index in [1.54, 1.807) is 0 Å². The van der Waals surface area contributed by atoms with E-state index in [2.05, 4.69) is 0 Å².